The molecule has 0 fully saturated rings. The van der Waals surface area contributed by atoms with Crippen molar-refractivity contribution in [1.29, 1.82) is 0 Å². The number of aromatic hydroxyl groups is 1. The van der Waals surface area contributed by atoms with Crippen molar-refractivity contribution in [3.63, 3.8) is 0 Å². The molecule has 9 heteroatoms. The number of benzene rings is 2. The molecule has 9 nitrogen and oxygen atoms in total. The summed E-state index contributed by atoms with van der Waals surface area (Å²) in [5, 5.41) is 28.7. The van der Waals surface area contributed by atoms with Gasteiger partial charge in [0.05, 0.1) is 17.5 Å². The summed E-state index contributed by atoms with van der Waals surface area (Å²) >= 11 is 0. The third-order valence-corrected chi connectivity index (χ3v) is 5.93. The second-order valence-corrected chi connectivity index (χ2v) is 8.48. The van der Waals surface area contributed by atoms with E-state index in [0.29, 0.717) is 35.1 Å². The molecule has 3 aromatic heterocycles. The second kappa shape index (κ2) is 9.46. The third kappa shape index (κ3) is 4.34. The van der Waals surface area contributed by atoms with Crippen LogP contribution in [0.25, 0.3) is 22.6 Å². The van der Waals surface area contributed by atoms with Gasteiger partial charge in [-0.05, 0) is 43.7 Å². The number of phenolic OH excluding ortho intramolecular Hbond substituents is 1. The molecule has 4 N–H and O–H groups in total. The fourth-order valence-electron chi connectivity index (χ4n) is 4.11. The van der Waals surface area contributed by atoms with Crippen LogP contribution in [0.15, 0.2) is 71.9 Å². The van der Waals surface area contributed by atoms with Crippen LogP contribution < -0.4 is 16.0 Å². The van der Waals surface area contributed by atoms with E-state index in [2.05, 4.69) is 38.9 Å². The summed E-state index contributed by atoms with van der Waals surface area (Å²) in [5.74, 6) is 2.28. The van der Waals surface area contributed by atoms with Crippen molar-refractivity contribution >= 4 is 28.7 Å². The smallest absolute Gasteiger partial charge is 0.178 e. The van der Waals surface area contributed by atoms with E-state index in [1.807, 2.05) is 50.2 Å². The molecule has 0 spiro atoms. The van der Waals surface area contributed by atoms with Gasteiger partial charge in [0.2, 0.25) is 0 Å². The number of fused-ring (bicyclic) bond motifs is 1. The number of nitrogens with zero attached hydrogens (tertiary/aromatic N) is 4. The predicted molar refractivity (Wildman–Crippen MR) is 142 cm³/mol. The monoisotopic (exact) mass is 481 g/mol. The van der Waals surface area contributed by atoms with Crippen LogP contribution in [0.3, 0.4) is 0 Å². The number of nitrogens with one attached hydrogen (secondary N) is 3. The van der Waals surface area contributed by atoms with E-state index in [0.717, 1.165) is 33.8 Å². The Morgan fingerprint density at radius 1 is 1.11 bits per heavy atom. The van der Waals surface area contributed by atoms with Gasteiger partial charge in [-0.2, -0.15) is 9.61 Å². The molecular formula is C27H27N7O2. The number of rotatable bonds is 8. The summed E-state index contributed by atoms with van der Waals surface area (Å²) < 4.78 is 7.06. The quantitative estimate of drug-likeness (QED) is 0.232. The lowest BCUT2D eigenvalue weighted by molar-refractivity contribution is 0.399. The van der Waals surface area contributed by atoms with Crippen molar-refractivity contribution in [1.82, 2.24) is 19.8 Å². The second-order valence-electron chi connectivity index (χ2n) is 8.48. The Bertz CT molecular complexity index is 1570. The summed E-state index contributed by atoms with van der Waals surface area (Å²) in [6, 6.07) is 17.1. The number of hydrogen-bond acceptors (Lipinski definition) is 8. The highest BCUT2D eigenvalue weighted by Crippen LogP contribution is 2.31. The molecule has 0 atom stereocenters. The van der Waals surface area contributed by atoms with E-state index in [1.165, 1.54) is 0 Å². The Kier molecular flexibility index (Phi) is 6.03. The normalized spacial score (nSPS) is 11.0. The maximum atomic E-state index is 10.4. The lowest BCUT2D eigenvalue weighted by Gasteiger charge is -2.14. The average Bonchev–Trinajstić information content (AvgIpc) is 3.45. The van der Waals surface area contributed by atoms with E-state index in [4.69, 9.17) is 9.51 Å². The van der Waals surface area contributed by atoms with Crippen LogP contribution in [0.5, 0.6) is 5.75 Å². The summed E-state index contributed by atoms with van der Waals surface area (Å²) in [6.45, 7) is 8.53. The Morgan fingerprint density at radius 2 is 1.94 bits per heavy atom. The van der Waals surface area contributed by atoms with Crippen molar-refractivity contribution in [3.05, 3.63) is 89.8 Å². The third-order valence-electron chi connectivity index (χ3n) is 5.93. The van der Waals surface area contributed by atoms with Gasteiger partial charge in [0.1, 0.15) is 17.3 Å². The highest BCUT2D eigenvalue weighted by atomic mass is 16.5. The average molecular weight is 482 g/mol. The first kappa shape index (κ1) is 23.0. The molecule has 5 rings (SSSR count). The molecule has 182 valence electrons. The van der Waals surface area contributed by atoms with E-state index in [-0.39, 0.29) is 5.75 Å². The largest absolute Gasteiger partial charge is 0.507 e. The molecule has 3 heterocycles. The minimum atomic E-state index is 0.181. The molecule has 0 aliphatic heterocycles. The molecular weight excluding hydrogens is 454 g/mol. The predicted octanol–water partition coefficient (Wildman–Crippen LogP) is 5.44. The summed E-state index contributed by atoms with van der Waals surface area (Å²) in [5.41, 5.74) is 6.47. The number of aryl methyl sites for hydroxylation is 2. The number of hydrogen-bond donors (Lipinski definition) is 4. The van der Waals surface area contributed by atoms with Crippen LogP contribution in [0.4, 0.5) is 17.3 Å². The first-order chi connectivity index (χ1) is 17.4. The van der Waals surface area contributed by atoms with Gasteiger partial charge in [0, 0.05) is 42.2 Å². The van der Waals surface area contributed by atoms with E-state index < -0.39 is 0 Å². The Labute approximate surface area is 208 Å². The Hall–Kier alpha value is -4.79. The van der Waals surface area contributed by atoms with Crippen molar-refractivity contribution in [2.24, 2.45) is 0 Å². The number of para-hydroxylation sites is 1. The molecule has 0 unspecified atom stereocenters. The minimum absolute atomic E-state index is 0.181. The fourth-order valence-corrected chi connectivity index (χ4v) is 4.11. The molecule has 0 aliphatic rings. The van der Waals surface area contributed by atoms with Crippen LogP contribution in [0.2, 0.25) is 0 Å². The zero-order valence-electron chi connectivity index (χ0n) is 20.3. The topological polar surface area (TPSA) is 113 Å². The fraction of sp³-hybridized carbons (Fsp3) is 0.148. The zero-order valence-corrected chi connectivity index (χ0v) is 20.3. The van der Waals surface area contributed by atoms with Gasteiger partial charge in [0.25, 0.3) is 0 Å². The van der Waals surface area contributed by atoms with Crippen LogP contribution in [-0.4, -0.2) is 31.9 Å². The van der Waals surface area contributed by atoms with Gasteiger partial charge in [-0.3, -0.25) is 0 Å². The summed E-state index contributed by atoms with van der Waals surface area (Å²) in [7, 11) is 1.79. The Morgan fingerprint density at radius 3 is 2.75 bits per heavy atom. The van der Waals surface area contributed by atoms with Gasteiger partial charge in [0.15, 0.2) is 11.5 Å². The highest BCUT2D eigenvalue weighted by molar-refractivity contribution is 5.81. The van der Waals surface area contributed by atoms with Crippen LogP contribution >= 0.6 is 0 Å². The number of phenols is 1. The summed E-state index contributed by atoms with van der Waals surface area (Å²) in [4.78, 5) is 4.74. The molecule has 0 saturated carbocycles. The molecule has 0 saturated heterocycles. The highest BCUT2D eigenvalue weighted by Gasteiger charge is 2.16. The van der Waals surface area contributed by atoms with E-state index in [9.17, 15) is 5.11 Å². The van der Waals surface area contributed by atoms with Crippen molar-refractivity contribution in [2.45, 2.75) is 20.4 Å². The summed E-state index contributed by atoms with van der Waals surface area (Å²) in [6.07, 6.45) is 1.78. The van der Waals surface area contributed by atoms with Gasteiger partial charge < -0.3 is 25.6 Å². The van der Waals surface area contributed by atoms with Gasteiger partial charge in [-0.1, -0.05) is 36.0 Å². The molecule has 0 radical (unpaired) electrons. The van der Waals surface area contributed by atoms with Crippen molar-refractivity contribution in [2.75, 3.05) is 23.0 Å². The SMILES string of the molecule is C=C(Nc1cccc(CNc2cc(-c3ccccc3O)nc3c(C)cnn23)c1)c1c(NC)noc1C. The van der Waals surface area contributed by atoms with Crippen molar-refractivity contribution in [3.8, 4) is 17.0 Å². The first-order valence-corrected chi connectivity index (χ1v) is 11.5. The maximum Gasteiger partial charge on any atom is 0.178 e. The number of anilines is 3. The molecule has 0 amide bonds. The lowest BCUT2D eigenvalue weighted by Crippen LogP contribution is -2.07. The Balaban J connectivity index is 1.39. The number of aromatic nitrogens is 4. The van der Waals surface area contributed by atoms with Gasteiger partial charge in [-0.25, -0.2) is 4.98 Å². The van der Waals surface area contributed by atoms with Crippen LogP contribution in [0.1, 0.15) is 22.5 Å². The molecule has 0 bridgehead atoms. The lowest BCUT2D eigenvalue weighted by atomic mass is 10.1. The van der Waals surface area contributed by atoms with E-state index >= 15 is 0 Å². The van der Waals surface area contributed by atoms with Gasteiger partial charge in [-0.15, -0.1) is 0 Å². The van der Waals surface area contributed by atoms with Crippen LogP contribution in [0, 0.1) is 13.8 Å². The maximum absolute atomic E-state index is 10.4. The van der Waals surface area contributed by atoms with Crippen molar-refractivity contribution < 1.29 is 9.63 Å². The first-order valence-electron chi connectivity index (χ1n) is 11.5. The standard InChI is InChI=1S/C27H27N7O2/c1-16-14-30-34-24(13-22(32-27(16)34)21-10-5-6-11-23(21)35)29-15-19-8-7-9-20(12-19)31-17(2)25-18(3)36-33-26(25)28-4/h5-14,29,31,35H,2,15H2,1,3-4H3,(H,28,33). The minimum Gasteiger partial charge on any atom is -0.507 e. The molecule has 36 heavy (non-hydrogen) atoms. The molecule has 2 aromatic carbocycles. The zero-order chi connectivity index (χ0) is 25.2. The molecule has 5 aromatic rings. The van der Waals surface area contributed by atoms with Gasteiger partial charge >= 0.3 is 0 Å². The molecule has 0 aliphatic carbocycles. The van der Waals surface area contributed by atoms with Crippen LogP contribution in [-0.2, 0) is 6.54 Å². The van der Waals surface area contributed by atoms with E-state index in [1.54, 1.807) is 29.9 Å².